The Labute approximate surface area is 105 Å². The Morgan fingerprint density at radius 3 is 2.53 bits per heavy atom. The molecule has 2 heterocycles. The molecule has 0 aromatic carbocycles. The van der Waals surface area contributed by atoms with Crippen LogP contribution in [0.5, 0.6) is 0 Å². The van der Waals surface area contributed by atoms with E-state index in [0.717, 1.165) is 11.8 Å². The highest BCUT2D eigenvalue weighted by atomic mass is 32.3. The number of hydrogen-bond donors (Lipinski definition) is 2. The first-order valence-electron chi connectivity index (χ1n) is 5.05. The average molecular weight is 298 g/mol. The number of primary sulfonamides is 1. The summed E-state index contributed by atoms with van der Waals surface area (Å²) in [5, 5.41) is 4.49. The summed E-state index contributed by atoms with van der Waals surface area (Å²) in [4.78, 5) is 0. The van der Waals surface area contributed by atoms with Crippen LogP contribution in [0.4, 0.5) is 0 Å². The number of hydrogen-bond acceptors (Lipinski definition) is 6. The highest BCUT2D eigenvalue weighted by Gasteiger charge is 2.45. The number of rotatable bonds is 1. The lowest BCUT2D eigenvalue weighted by Crippen LogP contribution is -2.36. The van der Waals surface area contributed by atoms with Gasteiger partial charge in [-0.25, -0.2) is 22.0 Å². The lowest BCUT2D eigenvalue weighted by atomic mass is 10.0. The van der Waals surface area contributed by atoms with Crippen LogP contribution in [-0.2, 0) is 19.9 Å². The van der Waals surface area contributed by atoms with Crippen LogP contribution in [0.3, 0.4) is 0 Å². The Morgan fingerprint density at radius 2 is 2.00 bits per heavy atom. The SMILES string of the molecule is C[C@H]1C[C@H](N)C2=C(SC(S(N)(=O)=O)C2)S1(=O)=O. The first-order chi connectivity index (χ1) is 7.64. The third-order valence-electron chi connectivity index (χ3n) is 3.08. The third-order valence-corrected chi connectivity index (χ3v) is 8.99. The fraction of sp³-hybridized carbons (Fsp3) is 0.750. The molecule has 0 fully saturated rings. The quantitative estimate of drug-likeness (QED) is 0.672. The normalized spacial score (nSPS) is 37.0. The molecule has 2 rings (SSSR count). The summed E-state index contributed by atoms with van der Waals surface area (Å²) in [6, 6.07) is -0.386. The number of nitrogens with two attached hydrogens (primary N) is 2. The maximum absolute atomic E-state index is 12.0. The highest BCUT2D eigenvalue weighted by molar-refractivity contribution is 8.24. The second-order valence-electron chi connectivity index (χ2n) is 4.35. The molecule has 2 aliphatic rings. The van der Waals surface area contributed by atoms with Gasteiger partial charge in [-0.1, -0.05) is 11.8 Å². The van der Waals surface area contributed by atoms with E-state index in [0.29, 0.717) is 12.0 Å². The molecule has 0 amide bonds. The van der Waals surface area contributed by atoms with Gasteiger partial charge in [0, 0.05) is 6.04 Å². The lowest BCUT2D eigenvalue weighted by Gasteiger charge is -2.25. The molecule has 6 nitrogen and oxygen atoms in total. The zero-order valence-electron chi connectivity index (χ0n) is 9.16. The van der Waals surface area contributed by atoms with Crippen LogP contribution >= 0.6 is 11.8 Å². The smallest absolute Gasteiger partial charge is 0.222 e. The van der Waals surface area contributed by atoms with Gasteiger partial charge in [0.25, 0.3) is 0 Å². The van der Waals surface area contributed by atoms with Gasteiger partial charge in [0.1, 0.15) is 8.82 Å². The zero-order valence-corrected chi connectivity index (χ0v) is 11.6. The largest absolute Gasteiger partial charge is 0.324 e. The van der Waals surface area contributed by atoms with Crippen LogP contribution in [0, 0.1) is 0 Å². The zero-order chi connectivity index (χ0) is 13.0. The highest BCUT2D eigenvalue weighted by Crippen LogP contribution is 2.48. The van der Waals surface area contributed by atoms with Gasteiger partial charge in [-0.2, -0.15) is 0 Å². The number of sulfonamides is 1. The van der Waals surface area contributed by atoms with Gasteiger partial charge in [0.2, 0.25) is 10.0 Å². The van der Waals surface area contributed by atoms with E-state index in [1.54, 1.807) is 6.92 Å². The van der Waals surface area contributed by atoms with Gasteiger partial charge in [0.15, 0.2) is 9.84 Å². The van der Waals surface area contributed by atoms with E-state index in [2.05, 4.69) is 0 Å². The summed E-state index contributed by atoms with van der Waals surface area (Å²) in [7, 11) is -7.17. The Bertz CT molecular complexity index is 578. The molecule has 0 radical (unpaired) electrons. The van der Waals surface area contributed by atoms with Crippen LogP contribution in [0.25, 0.3) is 0 Å². The average Bonchev–Trinajstić information content (AvgIpc) is 2.59. The van der Waals surface area contributed by atoms with Crippen molar-refractivity contribution in [3.8, 4) is 0 Å². The van der Waals surface area contributed by atoms with E-state index in [9.17, 15) is 16.8 Å². The van der Waals surface area contributed by atoms with E-state index in [1.165, 1.54) is 0 Å². The van der Waals surface area contributed by atoms with Gasteiger partial charge >= 0.3 is 0 Å². The Morgan fingerprint density at radius 1 is 1.41 bits per heavy atom. The number of sulfone groups is 1. The Kier molecular flexibility index (Phi) is 3.10. The monoisotopic (exact) mass is 298 g/mol. The minimum atomic E-state index is -3.75. The standard InChI is InChI=1S/C8H14N2O4S3/c1-4-2-6(9)5-3-7(17(10,13)14)15-8(5)16(4,11)12/h4,6-7H,2-3,9H2,1H3,(H2,10,13,14)/t4-,6-,7?/m0/s1. The van der Waals surface area contributed by atoms with Crippen molar-refractivity contribution in [1.29, 1.82) is 0 Å². The molecule has 0 saturated heterocycles. The van der Waals surface area contributed by atoms with Crippen molar-refractivity contribution in [2.75, 3.05) is 0 Å². The molecule has 1 unspecified atom stereocenters. The molecule has 3 atom stereocenters. The van der Waals surface area contributed by atoms with Crippen molar-refractivity contribution < 1.29 is 16.8 Å². The van der Waals surface area contributed by atoms with Crippen LogP contribution in [-0.4, -0.2) is 32.7 Å². The lowest BCUT2D eigenvalue weighted by molar-refractivity contribution is 0.561. The topological polar surface area (TPSA) is 120 Å². The van der Waals surface area contributed by atoms with Crippen LogP contribution in [0.1, 0.15) is 19.8 Å². The van der Waals surface area contributed by atoms with E-state index in [4.69, 9.17) is 10.9 Å². The van der Waals surface area contributed by atoms with Gasteiger partial charge in [-0.05, 0) is 25.3 Å². The van der Waals surface area contributed by atoms with Crippen LogP contribution in [0.15, 0.2) is 9.81 Å². The molecule has 9 heteroatoms. The summed E-state index contributed by atoms with van der Waals surface area (Å²) >= 11 is 0.815. The molecule has 0 aromatic heterocycles. The predicted molar refractivity (Wildman–Crippen MR) is 67.1 cm³/mol. The van der Waals surface area contributed by atoms with Crippen molar-refractivity contribution in [2.24, 2.45) is 10.9 Å². The van der Waals surface area contributed by atoms with Gasteiger partial charge < -0.3 is 5.73 Å². The molecule has 0 bridgehead atoms. The molecule has 0 aliphatic carbocycles. The van der Waals surface area contributed by atoms with Gasteiger partial charge in [-0.15, -0.1) is 0 Å². The maximum atomic E-state index is 12.0. The molecule has 0 aromatic rings. The van der Waals surface area contributed by atoms with E-state index in [-0.39, 0.29) is 16.7 Å². The van der Waals surface area contributed by atoms with Gasteiger partial charge in [-0.3, -0.25) is 0 Å². The summed E-state index contributed by atoms with van der Waals surface area (Å²) in [6.07, 6.45) is 0.449. The molecule has 17 heavy (non-hydrogen) atoms. The van der Waals surface area contributed by atoms with Crippen LogP contribution < -0.4 is 10.9 Å². The number of thioether (sulfide) groups is 1. The summed E-state index contributed by atoms with van der Waals surface area (Å²) in [5.41, 5.74) is 6.39. The molecular formula is C8H14N2O4S3. The van der Waals surface area contributed by atoms with Crippen molar-refractivity contribution in [3.63, 3.8) is 0 Å². The maximum Gasteiger partial charge on any atom is 0.222 e. The van der Waals surface area contributed by atoms with E-state index >= 15 is 0 Å². The second-order valence-corrected chi connectivity index (χ2v) is 10.2. The molecule has 0 spiro atoms. The van der Waals surface area contributed by atoms with Crippen molar-refractivity contribution >= 4 is 31.6 Å². The van der Waals surface area contributed by atoms with Gasteiger partial charge in [0.05, 0.1) is 5.25 Å². The van der Waals surface area contributed by atoms with Crippen molar-refractivity contribution in [1.82, 2.24) is 0 Å². The first-order valence-corrected chi connectivity index (χ1v) is 9.08. The third kappa shape index (κ3) is 2.14. The second kappa shape index (κ2) is 3.95. The fourth-order valence-electron chi connectivity index (χ4n) is 2.04. The Hall–Kier alpha value is -0.0900. The molecule has 0 saturated carbocycles. The van der Waals surface area contributed by atoms with Crippen molar-refractivity contribution in [3.05, 3.63) is 9.81 Å². The van der Waals surface area contributed by atoms with Crippen molar-refractivity contribution in [2.45, 2.75) is 35.6 Å². The molecule has 2 aliphatic heterocycles. The fourth-order valence-corrected chi connectivity index (χ4v) is 7.16. The summed E-state index contributed by atoms with van der Waals surface area (Å²) in [6.45, 7) is 1.59. The summed E-state index contributed by atoms with van der Waals surface area (Å²) < 4.78 is 45.8. The first kappa shape index (κ1) is 13.3. The molecule has 98 valence electrons. The molecular weight excluding hydrogens is 284 g/mol. The minimum Gasteiger partial charge on any atom is -0.324 e. The van der Waals surface area contributed by atoms with E-state index < -0.39 is 29.7 Å². The molecule has 4 N–H and O–H groups in total. The predicted octanol–water partition coefficient (Wildman–Crippen LogP) is -0.516. The van der Waals surface area contributed by atoms with E-state index in [1.807, 2.05) is 0 Å². The van der Waals surface area contributed by atoms with Crippen LogP contribution in [0.2, 0.25) is 0 Å². The Balaban J connectivity index is 2.45. The summed E-state index contributed by atoms with van der Waals surface area (Å²) in [5.74, 6) is 0. The minimum absolute atomic E-state index is 0.117.